The van der Waals surface area contributed by atoms with Crippen molar-refractivity contribution in [3.63, 3.8) is 0 Å². The molecule has 254 valence electrons. The maximum Gasteiger partial charge on any atom is 0.136 e. The van der Waals surface area contributed by atoms with Gasteiger partial charge in [0, 0.05) is 30.5 Å². The molecule has 9 aromatic carbocycles. The van der Waals surface area contributed by atoms with Crippen molar-refractivity contribution < 1.29 is 8.83 Å². The summed E-state index contributed by atoms with van der Waals surface area (Å²) in [5.74, 6) is 0. The summed E-state index contributed by atoms with van der Waals surface area (Å²) in [6, 6.07) is 59.6. The Bertz CT molecular complexity index is 3150. The largest absolute Gasteiger partial charge is 0.456 e. The first kappa shape index (κ1) is 33.2. The van der Waals surface area contributed by atoms with Crippen LogP contribution in [0.4, 0.5) is 0 Å². The molecule has 0 atom stereocenters. The molecule has 0 unspecified atom stereocenters. The Morgan fingerprint density at radius 2 is 0.698 bits per heavy atom. The molecule has 4 heteroatoms. The van der Waals surface area contributed by atoms with Crippen LogP contribution in [0.1, 0.15) is 7.43 Å². The van der Waals surface area contributed by atoms with Crippen LogP contribution < -0.4 is 0 Å². The third-order valence-corrected chi connectivity index (χ3v) is 11.0. The molecule has 0 bridgehead atoms. The normalized spacial score (nSPS) is 11.4. The standard InChI is InChI=1S/C24H13BrO.C24H15BrO.CH4/c25-14-9-10-23-21(11-14)22-12-19-17-7-3-1-5-15(17)16-6-2-4-8-18(16)20(19)13-24(22)26-23;25-18-11-13-24-22(15-18)21-14-17(10-12-23(21)26-24)20-9-5-4-8-19(20)16-6-2-1-3-7-16;/h1-13H;1-15H;1H4. The average Bonchev–Trinajstić information content (AvgIpc) is 3.74. The van der Waals surface area contributed by atoms with E-state index in [9.17, 15) is 0 Å². The van der Waals surface area contributed by atoms with Gasteiger partial charge in [-0.1, -0.05) is 148 Å². The van der Waals surface area contributed by atoms with Gasteiger partial charge in [0.2, 0.25) is 0 Å². The van der Waals surface area contributed by atoms with Crippen LogP contribution in [0.3, 0.4) is 0 Å². The van der Waals surface area contributed by atoms with Crippen LogP contribution >= 0.6 is 31.9 Å². The van der Waals surface area contributed by atoms with Gasteiger partial charge in [-0.3, -0.25) is 0 Å². The predicted octanol–water partition coefficient (Wildman–Crippen LogP) is 16.1. The summed E-state index contributed by atoms with van der Waals surface area (Å²) in [5.41, 5.74) is 8.57. The van der Waals surface area contributed by atoms with Gasteiger partial charge in [0.15, 0.2) is 0 Å². The smallest absolute Gasteiger partial charge is 0.136 e. The first-order chi connectivity index (χ1) is 25.6. The van der Waals surface area contributed by atoms with E-state index in [1.165, 1.54) is 54.6 Å². The van der Waals surface area contributed by atoms with E-state index < -0.39 is 0 Å². The Morgan fingerprint density at radius 3 is 1.28 bits per heavy atom. The second-order valence-corrected chi connectivity index (χ2v) is 14.9. The number of hydrogen-bond donors (Lipinski definition) is 0. The van der Waals surface area contributed by atoms with Gasteiger partial charge in [-0.2, -0.15) is 0 Å². The van der Waals surface area contributed by atoms with E-state index >= 15 is 0 Å². The molecule has 0 aliphatic heterocycles. The predicted molar refractivity (Wildman–Crippen MR) is 233 cm³/mol. The molecule has 0 fully saturated rings. The Hall–Kier alpha value is -5.68. The van der Waals surface area contributed by atoms with Crippen molar-refractivity contribution in [2.45, 2.75) is 7.43 Å². The first-order valence-corrected chi connectivity index (χ1v) is 18.8. The molecule has 0 aliphatic carbocycles. The van der Waals surface area contributed by atoms with Crippen LogP contribution in [-0.4, -0.2) is 0 Å². The third-order valence-electron chi connectivity index (χ3n) is 10.1. The van der Waals surface area contributed by atoms with E-state index in [0.29, 0.717) is 0 Å². The molecule has 0 radical (unpaired) electrons. The van der Waals surface area contributed by atoms with E-state index in [1.807, 2.05) is 30.3 Å². The molecule has 0 saturated carbocycles. The Kier molecular flexibility index (Phi) is 8.38. The molecule has 2 aromatic heterocycles. The van der Waals surface area contributed by atoms with Gasteiger partial charge < -0.3 is 8.83 Å². The molecule has 0 amide bonds. The van der Waals surface area contributed by atoms with Gasteiger partial charge in [0.05, 0.1) is 0 Å². The monoisotopic (exact) mass is 810 g/mol. The molecule has 0 saturated heterocycles. The minimum Gasteiger partial charge on any atom is -0.456 e. The molecule has 11 aromatic rings. The fourth-order valence-electron chi connectivity index (χ4n) is 7.67. The highest BCUT2D eigenvalue weighted by Gasteiger charge is 2.14. The number of fused-ring (bicyclic) bond motifs is 12. The van der Waals surface area contributed by atoms with Crippen molar-refractivity contribution in [1.29, 1.82) is 0 Å². The lowest BCUT2D eigenvalue weighted by Gasteiger charge is -2.10. The van der Waals surface area contributed by atoms with E-state index in [1.54, 1.807) is 0 Å². The molecular formula is C49H32Br2O2. The van der Waals surface area contributed by atoms with E-state index in [0.717, 1.165) is 52.8 Å². The zero-order valence-electron chi connectivity index (χ0n) is 27.7. The van der Waals surface area contributed by atoms with Crippen LogP contribution in [0.25, 0.3) is 98.4 Å². The zero-order chi connectivity index (χ0) is 34.8. The maximum absolute atomic E-state index is 6.16. The summed E-state index contributed by atoms with van der Waals surface area (Å²) in [6.45, 7) is 0. The van der Waals surface area contributed by atoms with Gasteiger partial charge in [-0.05, 0) is 115 Å². The van der Waals surface area contributed by atoms with E-state index in [4.69, 9.17) is 8.83 Å². The Balaban J connectivity index is 0.000000138. The van der Waals surface area contributed by atoms with Crippen molar-refractivity contribution in [3.05, 3.63) is 179 Å². The van der Waals surface area contributed by atoms with Crippen LogP contribution in [0.2, 0.25) is 0 Å². The third kappa shape index (κ3) is 5.70. The molecular weight excluding hydrogens is 780 g/mol. The number of hydrogen-bond acceptors (Lipinski definition) is 2. The maximum atomic E-state index is 6.16. The fourth-order valence-corrected chi connectivity index (χ4v) is 8.39. The lowest BCUT2D eigenvalue weighted by molar-refractivity contribution is 0.668. The number of halogens is 2. The summed E-state index contributed by atoms with van der Waals surface area (Å²) in [7, 11) is 0. The molecule has 2 heterocycles. The number of rotatable bonds is 2. The second-order valence-electron chi connectivity index (χ2n) is 13.1. The van der Waals surface area contributed by atoms with Crippen LogP contribution in [-0.2, 0) is 0 Å². The van der Waals surface area contributed by atoms with Gasteiger partial charge in [-0.25, -0.2) is 0 Å². The highest BCUT2D eigenvalue weighted by Crippen LogP contribution is 2.41. The van der Waals surface area contributed by atoms with Crippen molar-refractivity contribution >= 4 is 108 Å². The molecule has 53 heavy (non-hydrogen) atoms. The second kappa shape index (κ2) is 13.4. The number of furan rings is 2. The molecule has 0 N–H and O–H groups in total. The lowest BCUT2D eigenvalue weighted by atomic mass is 9.93. The summed E-state index contributed by atoms with van der Waals surface area (Å²) in [6.07, 6.45) is 0. The van der Waals surface area contributed by atoms with Gasteiger partial charge in [0.1, 0.15) is 22.3 Å². The van der Waals surface area contributed by atoms with Crippen molar-refractivity contribution in [2.24, 2.45) is 0 Å². The summed E-state index contributed by atoms with van der Waals surface area (Å²) in [4.78, 5) is 0. The number of benzene rings is 9. The topological polar surface area (TPSA) is 26.3 Å². The first-order valence-electron chi connectivity index (χ1n) is 17.2. The quantitative estimate of drug-likeness (QED) is 0.163. The van der Waals surface area contributed by atoms with Crippen LogP contribution in [0.5, 0.6) is 0 Å². The summed E-state index contributed by atoms with van der Waals surface area (Å²) >= 11 is 7.15. The van der Waals surface area contributed by atoms with E-state index in [-0.39, 0.29) is 7.43 Å². The van der Waals surface area contributed by atoms with Gasteiger partial charge in [0.25, 0.3) is 0 Å². The van der Waals surface area contributed by atoms with E-state index in [2.05, 4.69) is 171 Å². The minimum absolute atomic E-state index is 0. The average molecular weight is 813 g/mol. The Labute approximate surface area is 323 Å². The van der Waals surface area contributed by atoms with Crippen molar-refractivity contribution in [2.75, 3.05) is 0 Å². The van der Waals surface area contributed by atoms with Crippen LogP contribution in [0, 0.1) is 0 Å². The van der Waals surface area contributed by atoms with Gasteiger partial charge >= 0.3 is 0 Å². The SMILES string of the molecule is Brc1ccc2oc3cc4c5ccccc5c5ccccc5c4cc3c2c1.Brc1ccc2oc3ccc(-c4ccccc4-c4ccccc4)cc3c2c1.C. The van der Waals surface area contributed by atoms with Crippen molar-refractivity contribution in [1.82, 2.24) is 0 Å². The highest BCUT2D eigenvalue weighted by atomic mass is 79.9. The summed E-state index contributed by atoms with van der Waals surface area (Å²) in [5, 5.41) is 12.2. The Morgan fingerprint density at radius 1 is 0.283 bits per heavy atom. The summed E-state index contributed by atoms with van der Waals surface area (Å²) < 4.78 is 14.3. The fraction of sp³-hybridized carbons (Fsp3) is 0.0204. The minimum atomic E-state index is 0. The van der Waals surface area contributed by atoms with Crippen molar-refractivity contribution in [3.8, 4) is 22.3 Å². The van der Waals surface area contributed by atoms with Crippen LogP contribution in [0.15, 0.2) is 188 Å². The molecule has 0 spiro atoms. The zero-order valence-corrected chi connectivity index (χ0v) is 30.9. The highest BCUT2D eigenvalue weighted by molar-refractivity contribution is 9.10. The van der Waals surface area contributed by atoms with Gasteiger partial charge in [-0.15, -0.1) is 0 Å². The molecule has 0 aliphatic rings. The molecule has 2 nitrogen and oxygen atoms in total. The lowest BCUT2D eigenvalue weighted by Crippen LogP contribution is -1.84. The molecule has 11 rings (SSSR count).